The molecule has 2 heterocycles. The van der Waals surface area contributed by atoms with Crippen molar-refractivity contribution in [1.29, 1.82) is 0 Å². The fourth-order valence-corrected chi connectivity index (χ4v) is 3.25. The Bertz CT molecular complexity index is 961. The number of halogens is 2. The summed E-state index contributed by atoms with van der Waals surface area (Å²) >= 11 is 9.67. The third-order valence-electron chi connectivity index (χ3n) is 4.37. The average molecular weight is 451 g/mol. The van der Waals surface area contributed by atoms with Gasteiger partial charge in [0.05, 0.1) is 34.0 Å². The van der Waals surface area contributed by atoms with E-state index in [0.29, 0.717) is 29.4 Å². The number of benzene rings is 1. The van der Waals surface area contributed by atoms with E-state index in [9.17, 15) is 4.79 Å². The van der Waals surface area contributed by atoms with Gasteiger partial charge in [-0.1, -0.05) is 23.7 Å². The number of amides is 1. The molecule has 2 aromatic heterocycles. The molecule has 0 aliphatic rings. The highest BCUT2D eigenvalue weighted by Gasteiger charge is 2.11. The normalized spacial score (nSPS) is 11.0. The molecule has 3 rings (SSSR count). The molecular formula is C19H21BrClN5O. The topological polar surface area (TPSA) is 64.7 Å². The molecule has 27 heavy (non-hydrogen) atoms. The van der Waals surface area contributed by atoms with Crippen molar-refractivity contribution in [2.24, 2.45) is 0 Å². The molecule has 1 N–H and O–H groups in total. The van der Waals surface area contributed by atoms with E-state index < -0.39 is 0 Å². The van der Waals surface area contributed by atoms with E-state index in [1.807, 2.05) is 49.7 Å². The molecule has 0 saturated carbocycles. The SMILES string of the molecule is CCn1cc(Cl)c(CNC(=O)c2ccc(Cn3nc(C)c(Br)c3C)cc2)n1. The Kier molecular flexibility index (Phi) is 6.01. The average Bonchev–Trinajstić information content (AvgIpc) is 3.15. The summed E-state index contributed by atoms with van der Waals surface area (Å²) in [6, 6.07) is 7.52. The van der Waals surface area contributed by atoms with Crippen molar-refractivity contribution in [3.05, 3.63) is 68.2 Å². The van der Waals surface area contributed by atoms with Crippen LogP contribution in [0, 0.1) is 13.8 Å². The maximum Gasteiger partial charge on any atom is 0.251 e. The molecule has 0 saturated heterocycles. The van der Waals surface area contributed by atoms with Crippen molar-refractivity contribution in [3.8, 4) is 0 Å². The molecule has 0 unspecified atom stereocenters. The number of hydrogen-bond donors (Lipinski definition) is 1. The van der Waals surface area contributed by atoms with Crippen LogP contribution in [0.4, 0.5) is 0 Å². The lowest BCUT2D eigenvalue weighted by molar-refractivity contribution is 0.0950. The second-order valence-electron chi connectivity index (χ2n) is 6.30. The predicted molar refractivity (Wildman–Crippen MR) is 109 cm³/mol. The lowest BCUT2D eigenvalue weighted by Crippen LogP contribution is -2.23. The predicted octanol–water partition coefficient (Wildman–Crippen LogP) is 4.11. The summed E-state index contributed by atoms with van der Waals surface area (Å²) in [7, 11) is 0. The smallest absolute Gasteiger partial charge is 0.251 e. The fraction of sp³-hybridized carbons (Fsp3) is 0.316. The zero-order chi connectivity index (χ0) is 19.6. The minimum atomic E-state index is -0.155. The van der Waals surface area contributed by atoms with Gasteiger partial charge in [-0.3, -0.25) is 14.2 Å². The second kappa shape index (κ2) is 8.27. The third-order valence-corrected chi connectivity index (χ3v) is 5.83. The van der Waals surface area contributed by atoms with E-state index in [-0.39, 0.29) is 5.91 Å². The van der Waals surface area contributed by atoms with Gasteiger partial charge in [0.2, 0.25) is 0 Å². The standard InChI is InChI=1S/C19H21BrClN5O/c1-4-25-11-16(21)17(24-25)9-22-19(27)15-7-5-14(6-8-15)10-26-13(3)18(20)12(2)23-26/h5-8,11H,4,9-10H2,1-3H3,(H,22,27). The van der Waals surface area contributed by atoms with E-state index in [1.54, 1.807) is 10.9 Å². The number of nitrogens with one attached hydrogen (secondary N) is 1. The van der Waals surface area contributed by atoms with E-state index in [0.717, 1.165) is 28.0 Å². The second-order valence-corrected chi connectivity index (χ2v) is 7.50. The maximum absolute atomic E-state index is 12.4. The van der Waals surface area contributed by atoms with Crippen LogP contribution in [0.1, 0.15) is 39.9 Å². The Labute approximate surface area is 171 Å². The molecule has 3 aromatic rings. The highest BCUT2D eigenvalue weighted by atomic mass is 79.9. The van der Waals surface area contributed by atoms with Gasteiger partial charge >= 0.3 is 0 Å². The molecule has 0 bridgehead atoms. The summed E-state index contributed by atoms with van der Waals surface area (Å²) in [6.07, 6.45) is 1.76. The van der Waals surface area contributed by atoms with Crippen LogP contribution >= 0.6 is 27.5 Å². The molecule has 6 nitrogen and oxygen atoms in total. The van der Waals surface area contributed by atoms with Crippen LogP contribution in [0.2, 0.25) is 5.02 Å². The van der Waals surface area contributed by atoms with Crippen molar-refractivity contribution in [1.82, 2.24) is 24.9 Å². The molecule has 0 spiro atoms. The van der Waals surface area contributed by atoms with Gasteiger partial charge in [0, 0.05) is 18.3 Å². The van der Waals surface area contributed by atoms with Crippen molar-refractivity contribution in [2.75, 3.05) is 0 Å². The molecular weight excluding hydrogens is 430 g/mol. The molecule has 8 heteroatoms. The minimum absolute atomic E-state index is 0.155. The minimum Gasteiger partial charge on any atom is -0.346 e. The monoisotopic (exact) mass is 449 g/mol. The number of rotatable bonds is 6. The summed E-state index contributed by atoms with van der Waals surface area (Å²) in [5.41, 5.74) is 4.39. The molecule has 0 fully saturated rings. The van der Waals surface area contributed by atoms with Crippen LogP contribution < -0.4 is 5.32 Å². The molecule has 0 atom stereocenters. The van der Waals surface area contributed by atoms with Crippen LogP contribution in [0.25, 0.3) is 0 Å². The lowest BCUT2D eigenvalue weighted by atomic mass is 10.1. The first-order valence-corrected chi connectivity index (χ1v) is 9.84. The molecule has 142 valence electrons. The van der Waals surface area contributed by atoms with Crippen molar-refractivity contribution >= 4 is 33.4 Å². The van der Waals surface area contributed by atoms with Crippen molar-refractivity contribution < 1.29 is 4.79 Å². The first-order chi connectivity index (χ1) is 12.9. The first kappa shape index (κ1) is 19.6. The molecule has 1 amide bonds. The van der Waals surface area contributed by atoms with Gasteiger partial charge in [0.1, 0.15) is 5.69 Å². The Morgan fingerprint density at radius 2 is 1.93 bits per heavy atom. The van der Waals surface area contributed by atoms with Gasteiger partial charge in [0.15, 0.2) is 0 Å². The Morgan fingerprint density at radius 1 is 1.22 bits per heavy atom. The van der Waals surface area contributed by atoms with Crippen LogP contribution in [0.15, 0.2) is 34.9 Å². The maximum atomic E-state index is 12.4. The fourth-order valence-electron chi connectivity index (χ4n) is 2.75. The summed E-state index contributed by atoms with van der Waals surface area (Å²) in [5.74, 6) is -0.155. The Hall–Kier alpha value is -2.12. The number of aryl methyl sites for hydroxylation is 2. The van der Waals surface area contributed by atoms with Gasteiger partial charge in [-0.15, -0.1) is 0 Å². The third kappa shape index (κ3) is 4.42. The number of carbonyl (C=O) groups is 1. The zero-order valence-corrected chi connectivity index (χ0v) is 17.8. The Morgan fingerprint density at radius 3 is 2.48 bits per heavy atom. The van der Waals surface area contributed by atoms with Gasteiger partial charge in [-0.2, -0.15) is 10.2 Å². The van der Waals surface area contributed by atoms with Gasteiger partial charge in [-0.05, 0) is 54.4 Å². The van der Waals surface area contributed by atoms with Gasteiger partial charge in [-0.25, -0.2) is 0 Å². The first-order valence-electron chi connectivity index (χ1n) is 8.67. The lowest BCUT2D eigenvalue weighted by Gasteiger charge is -2.07. The highest BCUT2D eigenvalue weighted by molar-refractivity contribution is 9.10. The largest absolute Gasteiger partial charge is 0.346 e. The van der Waals surface area contributed by atoms with Crippen LogP contribution in [0.5, 0.6) is 0 Å². The van der Waals surface area contributed by atoms with E-state index in [1.165, 1.54) is 0 Å². The molecule has 0 radical (unpaired) electrons. The van der Waals surface area contributed by atoms with Crippen LogP contribution in [-0.2, 0) is 19.6 Å². The van der Waals surface area contributed by atoms with Crippen molar-refractivity contribution in [3.63, 3.8) is 0 Å². The van der Waals surface area contributed by atoms with Gasteiger partial charge in [0.25, 0.3) is 5.91 Å². The van der Waals surface area contributed by atoms with E-state index in [2.05, 4.69) is 31.4 Å². The molecule has 1 aromatic carbocycles. The molecule has 0 aliphatic heterocycles. The highest BCUT2D eigenvalue weighted by Crippen LogP contribution is 2.20. The zero-order valence-electron chi connectivity index (χ0n) is 15.5. The summed E-state index contributed by atoms with van der Waals surface area (Å²) in [6.45, 7) is 7.67. The summed E-state index contributed by atoms with van der Waals surface area (Å²) in [5, 5.41) is 12.3. The summed E-state index contributed by atoms with van der Waals surface area (Å²) in [4.78, 5) is 12.4. The number of carbonyl (C=O) groups excluding carboxylic acids is 1. The quantitative estimate of drug-likeness (QED) is 0.614. The van der Waals surface area contributed by atoms with Crippen molar-refractivity contribution in [2.45, 2.75) is 40.4 Å². The Balaban J connectivity index is 1.63. The number of aromatic nitrogens is 4. The van der Waals surface area contributed by atoms with E-state index in [4.69, 9.17) is 11.6 Å². The number of nitrogens with zero attached hydrogens (tertiary/aromatic N) is 4. The number of hydrogen-bond acceptors (Lipinski definition) is 3. The van der Waals surface area contributed by atoms with Crippen LogP contribution in [-0.4, -0.2) is 25.5 Å². The van der Waals surface area contributed by atoms with E-state index >= 15 is 0 Å². The van der Waals surface area contributed by atoms with Crippen LogP contribution in [0.3, 0.4) is 0 Å². The van der Waals surface area contributed by atoms with Gasteiger partial charge < -0.3 is 5.32 Å². The summed E-state index contributed by atoms with van der Waals surface area (Å²) < 4.78 is 4.72. The molecule has 0 aliphatic carbocycles.